The van der Waals surface area contributed by atoms with Crippen LogP contribution < -0.4 is 0 Å². The molecule has 0 aromatic rings. The Morgan fingerprint density at radius 3 is 1.85 bits per heavy atom. The number of esters is 1. The lowest BCUT2D eigenvalue weighted by molar-refractivity contribution is -0.166. The van der Waals surface area contributed by atoms with Crippen LogP contribution in [0.4, 0.5) is 0 Å². The van der Waals surface area contributed by atoms with Gasteiger partial charge in [0.2, 0.25) is 5.91 Å². The molecule has 4 nitrogen and oxygen atoms in total. The first-order chi connectivity index (χ1) is 6.02. The molecule has 2 heterocycles. The lowest BCUT2D eigenvalue weighted by Gasteiger charge is -2.32. The van der Waals surface area contributed by atoms with Gasteiger partial charge in [-0.1, -0.05) is 6.92 Å². The van der Waals surface area contributed by atoms with Crippen molar-refractivity contribution in [1.29, 1.82) is 0 Å². The topological polar surface area (TPSA) is 46.6 Å². The molecule has 0 spiro atoms. The number of β-lactam (4-membered cyclic amide) rings is 1. The second-order valence-corrected chi connectivity index (χ2v) is 3.65. The fourth-order valence-electron chi connectivity index (χ4n) is 1.16. The predicted octanol–water partition coefficient (Wildman–Crippen LogP) is 0.274. The Hall–Kier alpha value is -1.06. The van der Waals surface area contributed by atoms with Crippen LogP contribution in [0.3, 0.4) is 0 Å². The Balaban J connectivity index is 0.000000132. The first kappa shape index (κ1) is 10.0. The van der Waals surface area contributed by atoms with Gasteiger partial charge in [-0.25, -0.2) is 0 Å². The summed E-state index contributed by atoms with van der Waals surface area (Å²) in [5, 5.41) is 0. The molecule has 2 fully saturated rings. The fraction of sp³-hybridized carbons (Fsp3) is 0.778. The number of carbonyl (C=O) groups excluding carboxylic acids is 2. The third-order valence-electron chi connectivity index (χ3n) is 2.22. The Labute approximate surface area is 77.8 Å². The molecule has 13 heavy (non-hydrogen) atoms. The standard InChI is InChI=1S/C5H9NO.C4H6O2/c1-4-3-6(2)5(4)7;1-3-2-6-4(3)5/h4H,3H2,1-2H3;3H,2H2,1H3. The van der Waals surface area contributed by atoms with E-state index in [2.05, 4.69) is 4.74 Å². The van der Waals surface area contributed by atoms with E-state index in [1.807, 2.05) is 20.9 Å². The predicted molar refractivity (Wildman–Crippen MR) is 46.9 cm³/mol. The molecule has 0 radical (unpaired) electrons. The summed E-state index contributed by atoms with van der Waals surface area (Å²) < 4.78 is 4.40. The second kappa shape index (κ2) is 3.77. The molecule has 0 N–H and O–H groups in total. The van der Waals surface area contributed by atoms with Crippen molar-refractivity contribution in [2.75, 3.05) is 20.2 Å². The van der Waals surface area contributed by atoms with Crippen molar-refractivity contribution >= 4 is 11.9 Å². The van der Waals surface area contributed by atoms with E-state index < -0.39 is 0 Å². The zero-order chi connectivity index (χ0) is 10.0. The molecule has 0 aromatic carbocycles. The van der Waals surface area contributed by atoms with Crippen LogP contribution in [0.5, 0.6) is 0 Å². The summed E-state index contributed by atoms with van der Waals surface area (Å²) in [6.07, 6.45) is 0. The number of hydrogen-bond acceptors (Lipinski definition) is 3. The Kier molecular flexibility index (Phi) is 2.90. The molecule has 0 saturated carbocycles. The molecule has 2 unspecified atom stereocenters. The minimum Gasteiger partial charge on any atom is -0.464 e. The number of amides is 1. The number of likely N-dealkylation sites (tertiary alicyclic amines) is 1. The molecule has 0 aromatic heterocycles. The summed E-state index contributed by atoms with van der Waals surface area (Å²) in [4.78, 5) is 22.2. The molecule has 4 heteroatoms. The van der Waals surface area contributed by atoms with E-state index in [-0.39, 0.29) is 17.8 Å². The molecule has 0 bridgehead atoms. The summed E-state index contributed by atoms with van der Waals surface area (Å²) in [6.45, 7) is 5.37. The molecule has 1 amide bonds. The summed E-state index contributed by atoms with van der Waals surface area (Å²) in [6, 6.07) is 0. The number of cyclic esters (lactones) is 1. The van der Waals surface area contributed by atoms with Crippen LogP contribution in [0.15, 0.2) is 0 Å². The fourth-order valence-corrected chi connectivity index (χ4v) is 1.16. The number of hydrogen-bond donors (Lipinski definition) is 0. The van der Waals surface area contributed by atoms with Gasteiger partial charge < -0.3 is 9.64 Å². The van der Waals surface area contributed by atoms with Crippen LogP contribution in [-0.2, 0) is 14.3 Å². The van der Waals surface area contributed by atoms with Gasteiger partial charge in [0, 0.05) is 13.6 Å². The molecule has 2 saturated heterocycles. The molecule has 2 aliphatic heterocycles. The SMILES string of the molecule is CC1CN(C)C1=O.CC1COC1=O. The number of ether oxygens (including phenoxy) is 1. The Morgan fingerprint density at radius 1 is 1.31 bits per heavy atom. The smallest absolute Gasteiger partial charge is 0.312 e. The maximum absolute atomic E-state index is 10.5. The van der Waals surface area contributed by atoms with Gasteiger partial charge in [-0.05, 0) is 6.92 Å². The summed E-state index contributed by atoms with van der Waals surface area (Å²) in [5.41, 5.74) is 0. The van der Waals surface area contributed by atoms with Crippen LogP contribution >= 0.6 is 0 Å². The minimum atomic E-state index is -0.0602. The molecule has 2 rings (SSSR count). The van der Waals surface area contributed by atoms with Crippen LogP contribution in [-0.4, -0.2) is 37.0 Å². The summed E-state index contributed by atoms with van der Waals surface area (Å²) in [5.74, 6) is 0.685. The zero-order valence-corrected chi connectivity index (χ0v) is 8.24. The van der Waals surface area contributed by atoms with E-state index >= 15 is 0 Å². The van der Waals surface area contributed by atoms with Crippen molar-refractivity contribution in [2.24, 2.45) is 11.8 Å². The largest absolute Gasteiger partial charge is 0.464 e. The molecule has 2 aliphatic rings. The summed E-state index contributed by atoms with van der Waals surface area (Å²) >= 11 is 0. The van der Waals surface area contributed by atoms with Gasteiger partial charge in [-0.2, -0.15) is 0 Å². The lowest BCUT2D eigenvalue weighted by atomic mass is 10.0. The van der Waals surface area contributed by atoms with Crippen molar-refractivity contribution in [3.8, 4) is 0 Å². The maximum Gasteiger partial charge on any atom is 0.312 e. The molecule has 74 valence electrons. The molecule has 0 aliphatic carbocycles. The third kappa shape index (κ3) is 2.20. The Morgan fingerprint density at radius 2 is 1.85 bits per heavy atom. The van der Waals surface area contributed by atoms with Gasteiger partial charge in [-0.15, -0.1) is 0 Å². The normalized spacial score (nSPS) is 30.8. The number of carbonyl (C=O) groups is 2. The van der Waals surface area contributed by atoms with Gasteiger partial charge in [0.15, 0.2) is 0 Å². The molecular formula is C9H15NO3. The van der Waals surface area contributed by atoms with Crippen LogP contribution in [0.2, 0.25) is 0 Å². The maximum atomic E-state index is 10.5. The van der Waals surface area contributed by atoms with E-state index in [1.165, 1.54) is 0 Å². The van der Waals surface area contributed by atoms with Crippen LogP contribution in [0, 0.1) is 11.8 Å². The highest BCUT2D eigenvalue weighted by molar-refractivity contribution is 5.83. The van der Waals surface area contributed by atoms with Crippen molar-refractivity contribution in [3.05, 3.63) is 0 Å². The second-order valence-electron chi connectivity index (χ2n) is 3.65. The average Bonchev–Trinajstić information content (AvgIpc) is 2.16. The molecular weight excluding hydrogens is 170 g/mol. The monoisotopic (exact) mass is 185 g/mol. The molecule has 2 atom stereocenters. The highest BCUT2D eigenvalue weighted by atomic mass is 16.6. The van der Waals surface area contributed by atoms with Gasteiger partial charge in [0.1, 0.15) is 6.61 Å². The van der Waals surface area contributed by atoms with Gasteiger partial charge in [-0.3, -0.25) is 9.59 Å². The van der Waals surface area contributed by atoms with Crippen molar-refractivity contribution < 1.29 is 14.3 Å². The quantitative estimate of drug-likeness (QED) is 0.402. The first-order valence-electron chi connectivity index (χ1n) is 4.44. The van der Waals surface area contributed by atoms with Crippen molar-refractivity contribution in [1.82, 2.24) is 4.90 Å². The third-order valence-corrected chi connectivity index (χ3v) is 2.22. The van der Waals surface area contributed by atoms with Crippen molar-refractivity contribution in [2.45, 2.75) is 13.8 Å². The highest BCUT2D eigenvalue weighted by Gasteiger charge is 2.28. The van der Waals surface area contributed by atoms with E-state index in [0.29, 0.717) is 12.5 Å². The highest BCUT2D eigenvalue weighted by Crippen LogP contribution is 2.12. The van der Waals surface area contributed by atoms with E-state index in [0.717, 1.165) is 6.54 Å². The van der Waals surface area contributed by atoms with E-state index in [9.17, 15) is 9.59 Å². The first-order valence-corrected chi connectivity index (χ1v) is 4.44. The average molecular weight is 185 g/mol. The van der Waals surface area contributed by atoms with Gasteiger partial charge in [0.05, 0.1) is 11.8 Å². The van der Waals surface area contributed by atoms with Crippen LogP contribution in [0.25, 0.3) is 0 Å². The van der Waals surface area contributed by atoms with E-state index in [4.69, 9.17) is 0 Å². The van der Waals surface area contributed by atoms with Gasteiger partial charge in [0.25, 0.3) is 0 Å². The number of rotatable bonds is 0. The van der Waals surface area contributed by atoms with Crippen LogP contribution in [0.1, 0.15) is 13.8 Å². The summed E-state index contributed by atoms with van der Waals surface area (Å²) in [7, 11) is 1.82. The Bertz CT molecular complexity index is 217. The van der Waals surface area contributed by atoms with E-state index in [1.54, 1.807) is 4.90 Å². The lowest BCUT2D eigenvalue weighted by Crippen LogP contribution is -2.48. The number of nitrogens with zero attached hydrogens (tertiary/aromatic N) is 1. The van der Waals surface area contributed by atoms with Crippen molar-refractivity contribution in [3.63, 3.8) is 0 Å². The zero-order valence-electron chi connectivity index (χ0n) is 8.24. The minimum absolute atomic E-state index is 0.0602. The van der Waals surface area contributed by atoms with Gasteiger partial charge >= 0.3 is 5.97 Å².